The number of rotatable bonds is 3. The summed E-state index contributed by atoms with van der Waals surface area (Å²) in [5, 5.41) is 7.46. The number of imidazole rings is 1. The molecule has 5 nitrogen and oxygen atoms in total. The molecule has 74 valence electrons. The number of anilines is 1. The Kier molecular flexibility index (Phi) is 2.22. The summed E-state index contributed by atoms with van der Waals surface area (Å²) in [6, 6.07) is 1.98. The van der Waals surface area contributed by atoms with Crippen LogP contribution >= 0.6 is 0 Å². The van der Waals surface area contributed by atoms with Crippen molar-refractivity contribution in [2.24, 2.45) is 14.1 Å². The normalized spacial score (nSPS) is 10.4. The Balaban J connectivity index is 1.98. The molecule has 5 heteroatoms. The first-order chi connectivity index (χ1) is 6.75. The predicted molar refractivity (Wildman–Crippen MR) is 53.7 cm³/mol. The molecule has 0 radical (unpaired) electrons. The summed E-state index contributed by atoms with van der Waals surface area (Å²) in [5.74, 6) is 0.857. The fraction of sp³-hybridized carbons (Fsp3) is 0.333. The second-order valence-corrected chi connectivity index (χ2v) is 3.20. The molecule has 1 N–H and O–H groups in total. The highest BCUT2D eigenvalue weighted by Crippen LogP contribution is 2.03. The number of hydrogen-bond acceptors (Lipinski definition) is 3. The zero-order chi connectivity index (χ0) is 9.97. The fourth-order valence-corrected chi connectivity index (χ4v) is 1.26. The van der Waals surface area contributed by atoms with Gasteiger partial charge in [0.2, 0.25) is 5.95 Å². The molecule has 0 amide bonds. The van der Waals surface area contributed by atoms with Gasteiger partial charge in [0.25, 0.3) is 0 Å². The minimum absolute atomic E-state index is 0.700. The molecule has 2 aromatic rings. The summed E-state index contributed by atoms with van der Waals surface area (Å²) in [7, 11) is 3.86. The van der Waals surface area contributed by atoms with E-state index in [4.69, 9.17) is 0 Å². The van der Waals surface area contributed by atoms with E-state index in [0.29, 0.717) is 6.54 Å². The van der Waals surface area contributed by atoms with Crippen molar-refractivity contribution in [3.05, 3.63) is 30.4 Å². The molecule has 0 atom stereocenters. The van der Waals surface area contributed by atoms with E-state index in [0.717, 1.165) is 11.6 Å². The number of nitrogens with zero attached hydrogens (tertiary/aromatic N) is 4. The Hall–Kier alpha value is -1.78. The first kappa shape index (κ1) is 8.80. The third-order valence-electron chi connectivity index (χ3n) is 2.02. The van der Waals surface area contributed by atoms with E-state index >= 15 is 0 Å². The minimum atomic E-state index is 0.700. The molecule has 0 aliphatic heterocycles. The summed E-state index contributed by atoms with van der Waals surface area (Å²) < 4.78 is 3.72. The second kappa shape index (κ2) is 3.53. The quantitative estimate of drug-likeness (QED) is 0.779. The summed E-state index contributed by atoms with van der Waals surface area (Å²) in [4.78, 5) is 4.15. The van der Waals surface area contributed by atoms with Crippen LogP contribution < -0.4 is 5.32 Å². The Bertz CT molecular complexity index is 414. The van der Waals surface area contributed by atoms with Crippen molar-refractivity contribution in [2.45, 2.75) is 6.54 Å². The maximum atomic E-state index is 4.26. The molecule has 2 heterocycles. The van der Waals surface area contributed by atoms with Crippen molar-refractivity contribution in [2.75, 3.05) is 5.32 Å². The van der Waals surface area contributed by atoms with Crippen LogP contribution in [0.25, 0.3) is 0 Å². The van der Waals surface area contributed by atoms with Crippen LogP contribution in [0.2, 0.25) is 0 Å². The first-order valence-corrected chi connectivity index (χ1v) is 4.45. The van der Waals surface area contributed by atoms with Crippen LogP contribution in [0.1, 0.15) is 5.69 Å². The molecule has 0 unspecified atom stereocenters. The SMILES string of the molecule is Cn1ccc(CNc2nccn2C)n1. The molecule has 0 aromatic carbocycles. The Morgan fingerprint density at radius 3 is 2.79 bits per heavy atom. The van der Waals surface area contributed by atoms with Crippen molar-refractivity contribution in [1.29, 1.82) is 0 Å². The van der Waals surface area contributed by atoms with Gasteiger partial charge < -0.3 is 9.88 Å². The van der Waals surface area contributed by atoms with Crippen molar-refractivity contribution in [1.82, 2.24) is 19.3 Å². The number of hydrogen-bond donors (Lipinski definition) is 1. The average Bonchev–Trinajstić information content (AvgIpc) is 2.72. The Morgan fingerprint density at radius 1 is 1.36 bits per heavy atom. The minimum Gasteiger partial charge on any atom is -0.350 e. The molecule has 0 spiro atoms. The van der Waals surface area contributed by atoms with Gasteiger partial charge in [0, 0.05) is 32.7 Å². The number of aromatic nitrogens is 4. The zero-order valence-electron chi connectivity index (χ0n) is 8.31. The lowest BCUT2D eigenvalue weighted by Gasteiger charge is -2.02. The standard InChI is InChI=1S/C9H13N5/c1-13-6-4-10-9(13)11-7-8-3-5-14(2)12-8/h3-6H,7H2,1-2H3,(H,10,11). The highest BCUT2D eigenvalue weighted by Gasteiger charge is 1.99. The van der Waals surface area contributed by atoms with E-state index in [2.05, 4.69) is 15.4 Å². The lowest BCUT2D eigenvalue weighted by molar-refractivity contribution is 0.745. The van der Waals surface area contributed by atoms with E-state index in [1.807, 2.05) is 37.1 Å². The summed E-state index contributed by atoms with van der Waals surface area (Å²) in [6.45, 7) is 0.700. The molecule has 0 fully saturated rings. The van der Waals surface area contributed by atoms with Crippen molar-refractivity contribution in [3.8, 4) is 0 Å². The maximum Gasteiger partial charge on any atom is 0.202 e. The molecule has 0 bridgehead atoms. The first-order valence-electron chi connectivity index (χ1n) is 4.45. The van der Waals surface area contributed by atoms with Gasteiger partial charge >= 0.3 is 0 Å². The highest BCUT2D eigenvalue weighted by atomic mass is 15.3. The highest BCUT2D eigenvalue weighted by molar-refractivity contribution is 5.26. The van der Waals surface area contributed by atoms with Gasteiger partial charge in [0.1, 0.15) is 0 Å². The third kappa shape index (κ3) is 1.76. The lowest BCUT2D eigenvalue weighted by Crippen LogP contribution is -2.05. The molecule has 0 aliphatic carbocycles. The molecule has 0 saturated carbocycles. The number of nitrogens with one attached hydrogen (secondary N) is 1. The summed E-state index contributed by atoms with van der Waals surface area (Å²) in [5.41, 5.74) is 1.01. The van der Waals surface area contributed by atoms with E-state index < -0.39 is 0 Å². The van der Waals surface area contributed by atoms with Crippen molar-refractivity contribution < 1.29 is 0 Å². The molecule has 0 aliphatic rings. The largest absolute Gasteiger partial charge is 0.350 e. The van der Waals surface area contributed by atoms with Gasteiger partial charge in [-0.05, 0) is 6.07 Å². The van der Waals surface area contributed by atoms with Gasteiger partial charge in [0.05, 0.1) is 12.2 Å². The zero-order valence-corrected chi connectivity index (χ0v) is 8.31. The Labute approximate surface area is 82.4 Å². The summed E-state index contributed by atoms with van der Waals surface area (Å²) in [6.07, 6.45) is 5.59. The van der Waals surface area contributed by atoms with Gasteiger partial charge in [-0.25, -0.2) is 4.98 Å². The van der Waals surface area contributed by atoms with Crippen LogP contribution in [-0.4, -0.2) is 19.3 Å². The van der Waals surface area contributed by atoms with Crippen LogP contribution in [-0.2, 0) is 20.6 Å². The number of aryl methyl sites for hydroxylation is 2. The smallest absolute Gasteiger partial charge is 0.202 e. The molecular weight excluding hydrogens is 178 g/mol. The Morgan fingerprint density at radius 2 is 2.21 bits per heavy atom. The third-order valence-corrected chi connectivity index (χ3v) is 2.02. The van der Waals surface area contributed by atoms with E-state index in [1.54, 1.807) is 10.9 Å². The van der Waals surface area contributed by atoms with Crippen LogP contribution in [0, 0.1) is 0 Å². The topological polar surface area (TPSA) is 47.7 Å². The van der Waals surface area contributed by atoms with Crippen LogP contribution in [0.5, 0.6) is 0 Å². The molecule has 14 heavy (non-hydrogen) atoms. The van der Waals surface area contributed by atoms with Crippen molar-refractivity contribution >= 4 is 5.95 Å². The van der Waals surface area contributed by atoms with Gasteiger partial charge in [-0.3, -0.25) is 4.68 Å². The predicted octanol–water partition coefficient (Wildman–Crippen LogP) is 0.766. The monoisotopic (exact) mass is 191 g/mol. The van der Waals surface area contributed by atoms with Crippen LogP contribution in [0.3, 0.4) is 0 Å². The van der Waals surface area contributed by atoms with E-state index in [1.165, 1.54) is 0 Å². The fourth-order valence-electron chi connectivity index (χ4n) is 1.26. The van der Waals surface area contributed by atoms with E-state index in [-0.39, 0.29) is 0 Å². The molecule has 0 saturated heterocycles. The van der Waals surface area contributed by atoms with E-state index in [9.17, 15) is 0 Å². The van der Waals surface area contributed by atoms with Crippen LogP contribution in [0.15, 0.2) is 24.7 Å². The van der Waals surface area contributed by atoms with Gasteiger partial charge in [-0.2, -0.15) is 5.10 Å². The van der Waals surface area contributed by atoms with Crippen molar-refractivity contribution in [3.63, 3.8) is 0 Å². The van der Waals surface area contributed by atoms with Gasteiger partial charge in [-0.1, -0.05) is 0 Å². The molecular formula is C9H13N5. The molecule has 2 rings (SSSR count). The lowest BCUT2D eigenvalue weighted by atomic mass is 10.4. The average molecular weight is 191 g/mol. The van der Waals surface area contributed by atoms with Gasteiger partial charge in [-0.15, -0.1) is 0 Å². The van der Waals surface area contributed by atoms with Gasteiger partial charge in [0.15, 0.2) is 0 Å². The van der Waals surface area contributed by atoms with Crippen LogP contribution in [0.4, 0.5) is 5.95 Å². The molecule has 2 aromatic heterocycles. The summed E-state index contributed by atoms with van der Waals surface area (Å²) >= 11 is 0. The second-order valence-electron chi connectivity index (χ2n) is 3.20. The maximum absolute atomic E-state index is 4.26.